The van der Waals surface area contributed by atoms with Crippen LogP contribution in [0.1, 0.15) is 43.6 Å². The molecule has 2 aromatic carbocycles. The second-order valence-corrected chi connectivity index (χ2v) is 9.06. The molecular formula is C27H30BrN3O5. The van der Waals surface area contributed by atoms with E-state index in [2.05, 4.69) is 34.5 Å². The third kappa shape index (κ3) is 6.20. The van der Waals surface area contributed by atoms with Crippen LogP contribution < -0.4 is 15.0 Å². The molecule has 8 nitrogen and oxygen atoms in total. The van der Waals surface area contributed by atoms with Gasteiger partial charge in [0, 0.05) is 16.5 Å². The summed E-state index contributed by atoms with van der Waals surface area (Å²) in [5.41, 5.74) is 1.83. The summed E-state index contributed by atoms with van der Waals surface area (Å²) in [7, 11) is 2.82. The van der Waals surface area contributed by atoms with Crippen LogP contribution in [0.4, 0.5) is 0 Å². The number of benzene rings is 2. The Labute approximate surface area is 218 Å². The summed E-state index contributed by atoms with van der Waals surface area (Å²) in [6.45, 7) is 7.50. The predicted molar refractivity (Wildman–Crippen MR) is 144 cm³/mol. The van der Waals surface area contributed by atoms with Gasteiger partial charge in [-0.05, 0) is 55.7 Å². The molecule has 1 heterocycles. The second-order valence-electron chi connectivity index (χ2n) is 8.14. The Bertz CT molecular complexity index is 1350. The van der Waals surface area contributed by atoms with E-state index < -0.39 is 12.1 Å². The number of allylic oxidation sites excluding steroid dienone is 1. The van der Waals surface area contributed by atoms with E-state index in [1.165, 1.54) is 18.9 Å². The fourth-order valence-corrected chi connectivity index (χ4v) is 4.04. The van der Waals surface area contributed by atoms with Gasteiger partial charge in [-0.2, -0.15) is 9.78 Å². The van der Waals surface area contributed by atoms with Gasteiger partial charge in [0.25, 0.3) is 5.56 Å². The van der Waals surface area contributed by atoms with Crippen LogP contribution in [-0.2, 0) is 22.4 Å². The van der Waals surface area contributed by atoms with Gasteiger partial charge >= 0.3 is 5.97 Å². The lowest BCUT2D eigenvalue weighted by atomic mass is 10.1. The highest BCUT2D eigenvalue weighted by molar-refractivity contribution is 9.10. The van der Waals surface area contributed by atoms with Crippen LogP contribution >= 0.6 is 15.9 Å². The van der Waals surface area contributed by atoms with E-state index in [1.807, 2.05) is 18.2 Å². The number of fused-ring (bicyclic) bond motifs is 1. The van der Waals surface area contributed by atoms with Crippen molar-refractivity contribution in [3.63, 3.8) is 0 Å². The minimum atomic E-state index is -0.824. The zero-order valence-corrected chi connectivity index (χ0v) is 22.5. The minimum absolute atomic E-state index is 0.242. The van der Waals surface area contributed by atoms with Crippen LogP contribution in [0, 0.1) is 0 Å². The normalized spacial score (nSPS) is 12.0. The van der Waals surface area contributed by atoms with Gasteiger partial charge in [-0.15, -0.1) is 6.58 Å². The fourth-order valence-electron chi connectivity index (χ4n) is 3.68. The van der Waals surface area contributed by atoms with E-state index >= 15 is 0 Å². The van der Waals surface area contributed by atoms with Crippen LogP contribution in [0.5, 0.6) is 11.5 Å². The largest absolute Gasteiger partial charge is 0.493 e. The first-order chi connectivity index (χ1) is 17.3. The van der Waals surface area contributed by atoms with Crippen molar-refractivity contribution < 1.29 is 19.0 Å². The lowest BCUT2D eigenvalue weighted by Gasteiger charge is -2.18. The van der Waals surface area contributed by atoms with E-state index in [-0.39, 0.29) is 5.56 Å². The maximum Gasteiger partial charge on any atom is 0.346 e. The van der Waals surface area contributed by atoms with Gasteiger partial charge in [0.15, 0.2) is 17.6 Å². The molecule has 0 aliphatic rings. The first kappa shape index (κ1) is 27.1. The number of halogens is 1. The first-order valence-corrected chi connectivity index (χ1v) is 12.4. The monoisotopic (exact) mass is 555 g/mol. The van der Waals surface area contributed by atoms with Gasteiger partial charge in [-0.3, -0.25) is 4.79 Å². The van der Waals surface area contributed by atoms with Crippen molar-refractivity contribution in [1.82, 2.24) is 9.66 Å². The number of aryl methyl sites for hydroxylation is 1. The molecule has 3 rings (SSSR count). The number of carbonyl (C=O) groups excluding carboxylic acids is 1. The van der Waals surface area contributed by atoms with Crippen molar-refractivity contribution in [3.8, 4) is 11.5 Å². The maximum atomic E-state index is 13.3. The quantitative estimate of drug-likeness (QED) is 0.186. The number of aromatic nitrogens is 2. The Balaban J connectivity index is 2.09. The smallest absolute Gasteiger partial charge is 0.346 e. The van der Waals surface area contributed by atoms with Gasteiger partial charge in [-0.1, -0.05) is 35.4 Å². The molecule has 1 atom stereocenters. The lowest BCUT2D eigenvalue weighted by molar-refractivity contribution is -0.147. The molecule has 36 heavy (non-hydrogen) atoms. The highest BCUT2D eigenvalue weighted by Gasteiger charge is 2.20. The van der Waals surface area contributed by atoms with Crippen molar-refractivity contribution >= 4 is 39.0 Å². The van der Waals surface area contributed by atoms with E-state index in [0.717, 1.165) is 22.9 Å². The SMILES string of the molecule is C=CCc1cc(C=Nn2c(CCCC)nc3ccc(Br)cc3c2=O)cc(OC)c1O[C@H](C)C(=O)OC. The zero-order valence-electron chi connectivity index (χ0n) is 20.9. The number of hydrogen-bond acceptors (Lipinski definition) is 7. The summed E-state index contributed by atoms with van der Waals surface area (Å²) in [6.07, 6.45) is 5.42. The molecule has 0 saturated carbocycles. The standard InChI is InChI=1S/C27H30BrN3O5/c1-6-8-10-24-30-22-12-11-20(28)15-21(22)26(32)31(24)29-16-18-13-19(9-7-2)25(23(14-18)34-4)36-17(3)27(33)35-5/h7,11-17H,2,6,8-10H2,1,3-5H3/t17-/m1/s1. The van der Waals surface area contributed by atoms with E-state index in [1.54, 1.807) is 31.3 Å². The maximum absolute atomic E-state index is 13.3. The summed E-state index contributed by atoms with van der Waals surface area (Å²) >= 11 is 3.43. The molecule has 9 heteroatoms. The second kappa shape index (κ2) is 12.5. The molecule has 0 bridgehead atoms. The molecule has 190 valence electrons. The van der Waals surface area contributed by atoms with Crippen molar-refractivity contribution in [3.05, 3.63) is 74.8 Å². The average molecular weight is 556 g/mol. The number of hydrogen-bond donors (Lipinski definition) is 0. The zero-order chi connectivity index (χ0) is 26.2. The predicted octanol–water partition coefficient (Wildman–Crippen LogP) is 5.06. The van der Waals surface area contributed by atoms with Gasteiger partial charge in [0.2, 0.25) is 0 Å². The fraction of sp³-hybridized carbons (Fsp3) is 0.333. The Morgan fingerprint density at radius 2 is 2.06 bits per heavy atom. The van der Waals surface area contributed by atoms with E-state index in [4.69, 9.17) is 19.2 Å². The number of carbonyl (C=O) groups is 1. The molecule has 0 saturated heterocycles. The molecule has 0 radical (unpaired) electrons. The average Bonchev–Trinajstić information content (AvgIpc) is 2.88. The molecule has 0 unspecified atom stereocenters. The Morgan fingerprint density at radius 1 is 1.28 bits per heavy atom. The van der Waals surface area contributed by atoms with Gasteiger partial charge in [-0.25, -0.2) is 9.78 Å². The van der Waals surface area contributed by atoms with Crippen molar-refractivity contribution in [2.24, 2.45) is 5.10 Å². The summed E-state index contributed by atoms with van der Waals surface area (Å²) < 4.78 is 18.3. The van der Waals surface area contributed by atoms with Crippen LogP contribution in [-0.4, -0.2) is 42.2 Å². The number of unbranched alkanes of at least 4 members (excludes halogenated alkanes) is 1. The Morgan fingerprint density at radius 3 is 2.72 bits per heavy atom. The van der Waals surface area contributed by atoms with Crippen molar-refractivity contribution in [1.29, 1.82) is 0 Å². The van der Waals surface area contributed by atoms with Crippen molar-refractivity contribution in [2.45, 2.75) is 45.6 Å². The first-order valence-electron chi connectivity index (χ1n) is 11.6. The molecule has 0 N–H and O–H groups in total. The molecule has 0 amide bonds. The Hall–Kier alpha value is -3.46. The number of esters is 1. The third-order valence-electron chi connectivity index (χ3n) is 5.52. The van der Waals surface area contributed by atoms with Crippen molar-refractivity contribution in [2.75, 3.05) is 14.2 Å². The molecular weight excluding hydrogens is 526 g/mol. The van der Waals surface area contributed by atoms with Crippen LogP contribution in [0.2, 0.25) is 0 Å². The van der Waals surface area contributed by atoms with Gasteiger partial charge in [0.1, 0.15) is 5.82 Å². The van der Waals surface area contributed by atoms with E-state index in [0.29, 0.717) is 46.6 Å². The molecule has 0 fully saturated rings. The van der Waals surface area contributed by atoms with Gasteiger partial charge < -0.3 is 14.2 Å². The number of rotatable bonds is 11. The number of ether oxygens (including phenoxy) is 3. The summed E-state index contributed by atoms with van der Waals surface area (Å²) in [4.78, 5) is 29.9. The highest BCUT2D eigenvalue weighted by atomic mass is 79.9. The number of nitrogens with zero attached hydrogens (tertiary/aromatic N) is 3. The van der Waals surface area contributed by atoms with Crippen LogP contribution in [0.25, 0.3) is 10.9 Å². The third-order valence-corrected chi connectivity index (χ3v) is 6.01. The van der Waals surface area contributed by atoms with Crippen LogP contribution in [0.15, 0.2) is 57.4 Å². The van der Waals surface area contributed by atoms with Crippen LogP contribution in [0.3, 0.4) is 0 Å². The highest BCUT2D eigenvalue weighted by Crippen LogP contribution is 2.34. The topological polar surface area (TPSA) is 92.0 Å². The van der Waals surface area contributed by atoms with Gasteiger partial charge in [0.05, 0.1) is 31.3 Å². The number of methoxy groups -OCH3 is 2. The molecule has 0 aliphatic heterocycles. The summed E-state index contributed by atoms with van der Waals surface area (Å²) in [6, 6.07) is 9.03. The molecule has 3 aromatic rings. The van der Waals surface area contributed by atoms with E-state index in [9.17, 15) is 9.59 Å². The summed E-state index contributed by atoms with van der Waals surface area (Å²) in [5, 5.41) is 5.00. The molecule has 1 aromatic heterocycles. The Kier molecular flexibility index (Phi) is 9.41. The minimum Gasteiger partial charge on any atom is -0.493 e. The summed E-state index contributed by atoms with van der Waals surface area (Å²) in [5.74, 6) is 0.941. The molecule has 0 aliphatic carbocycles. The lowest BCUT2D eigenvalue weighted by Crippen LogP contribution is -2.25. The molecule has 0 spiro atoms.